The van der Waals surface area contributed by atoms with Gasteiger partial charge in [-0.25, -0.2) is 4.98 Å². The van der Waals surface area contributed by atoms with Crippen LogP contribution in [-0.4, -0.2) is 43.6 Å². The van der Waals surface area contributed by atoms with Gasteiger partial charge < -0.3 is 14.4 Å². The van der Waals surface area contributed by atoms with Gasteiger partial charge in [-0.1, -0.05) is 41.6 Å². The predicted molar refractivity (Wildman–Crippen MR) is 133 cm³/mol. The Hall–Kier alpha value is -3.78. The van der Waals surface area contributed by atoms with Crippen LogP contribution in [0, 0.1) is 19.8 Å². The third kappa shape index (κ3) is 5.33. The number of imidazole rings is 1. The molecule has 3 heterocycles. The molecule has 0 aliphatic carbocycles. The molecular weight excluding hydrogens is 440 g/mol. The van der Waals surface area contributed by atoms with Gasteiger partial charge in [0.25, 0.3) is 0 Å². The summed E-state index contributed by atoms with van der Waals surface area (Å²) in [4.78, 5) is 24.0. The lowest BCUT2D eigenvalue weighted by atomic mass is 9.97. The van der Waals surface area contributed by atoms with Gasteiger partial charge in [-0.15, -0.1) is 0 Å². The van der Waals surface area contributed by atoms with Gasteiger partial charge in [-0.05, 0) is 56.5 Å². The second-order valence-electron chi connectivity index (χ2n) is 9.13. The summed E-state index contributed by atoms with van der Waals surface area (Å²) < 4.78 is 7.55. The molecule has 1 saturated heterocycles. The molecule has 1 atom stereocenters. The molecule has 1 fully saturated rings. The highest BCUT2D eigenvalue weighted by Gasteiger charge is 2.27. The monoisotopic (exact) mass is 470 g/mol. The zero-order valence-electron chi connectivity index (χ0n) is 20.1. The van der Waals surface area contributed by atoms with E-state index in [9.17, 15) is 4.79 Å². The fraction of sp³-hybridized carbons (Fsp3) is 0.333. The van der Waals surface area contributed by atoms with Crippen molar-refractivity contribution in [3.63, 3.8) is 0 Å². The molecule has 0 bridgehead atoms. The Morgan fingerprint density at radius 1 is 1.14 bits per heavy atom. The number of rotatable bonds is 7. The Bertz CT molecular complexity index is 1290. The highest BCUT2D eigenvalue weighted by atomic mass is 16.5. The normalized spacial score (nSPS) is 16.3. The van der Waals surface area contributed by atoms with Crippen LogP contribution in [0.3, 0.4) is 0 Å². The highest BCUT2D eigenvalue weighted by Crippen LogP contribution is 2.22. The summed E-state index contributed by atoms with van der Waals surface area (Å²) in [5, 5.41) is 7.27. The molecular formula is C27H30N6O2. The van der Waals surface area contributed by atoms with Crippen molar-refractivity contribution in [2.24, 2.45) is 5.92 Å². The molecule has 1 amide bonds. The minimum Gasteiger partial charge on any atom is -0.352 e. The molecule has 8 nitrogen and oxygen atoms in total. The van der Waals surface area contributed by atoms with Crippen molar-refractivity contribution in [1.82, 2.24) is 29.9 Å². The zero-order chi connectivity index (χ0) is 24.2. The molecule has 2 aromatic carbocycles. The standard InChI is InChI=1S/C27H30N6O2/c1-19-6-3-4-8-24(19)26-30-25(35-31-26)18-32-14-5-7-22(17-32)27(34)29-16-21-9-11-23(12-10-21)33-15-13-28-20(33)2/h3-4,6,8-13,15,22H,5,7,14,16-18H2,1-2H3,(H,29,34). The molecule has 1 aliphatic heterocycles. The summed E-state index contributed by atoms with van der Waals surface area (Å²) in [6.45, 7) is 6.69. The van der Waals surface area contributed by atoms with Crippen LogP contribution in [0.25, 0.3) is 17.1 Å². The van der Waals surface area contributed by atoms with Crippen molar-refractivity contribution < 1.29 is 9.32 Å². The number of aryl methyl sites for hydroxylation is 2. The average Bonchev–Trinajstić information content (AvgIpc) is 3.52. The Balaban J connectivity index is 1.14. The number of aromatic nitrogens is 4. The Labute approximate surface area is 205 Å². The van der Waals surface area contributed by atoms with Gasteiger partial charge in [0.1, 0.15) is 5.82 Å². The molecule has 180 valence electrons. The maximum atomic E-state index is 12.9. The number of amides is 1. The van der Waals surface area contributed by atoms with Crippen LogP contribution in [0.1, 0.15) is 35.7 Å². The number of benzene rings is 2. The second-order valence-corrected chi connectivity index (χ2v) is 9.13. The Morgan fingerprint density at radius 2 is 1.97 bits per heavy atom. The molecule has 0 radical (unpaired) electrons. The number of piperidine rings is 1. The number of nitrogens with zero attached hydrogens (tertiary/aromatic N) is 5. The number of likely N-dealkylation sites (tertiary alicyclic amines) is 1. The number of hydrogen-bond acceptors (Lipinski definition) is 6. The molecule has 1 N–H and O–H groups in total. The topological polar surface area (TPSA) is 89.1 Å². The molecule has 2 aromatic heterocycles. The predicted octanol–water partition coefficient (Wildman–Crippen LogP) is 4.07. The Morgan fingerprint density at radius 3 is 2.74 bits per heavy atom. The molecule has 0 saturated carbocycles. The van der Waals surface area contributed by atoms with Gasteiger partial charge in [0.15, 0.2) is 0 Å². The van der Waals surface area contributed by atoms with Gasteiger partial charge in [-0.2, -0.15) is 4.98 Å². The van der Waals surface area contributed by atoms with Crippen LogP contribution in [0.5, 0.6) is 0 Å². The second kappa shape index (κ2) is 10.2. The van der Waals surface area contributed by atoms with Crippen molar-refractivity contribution in [1.29, 1.82) is 0 Å². The largest absolute Gasteiger partial charge is 0.352 e. The quantitative estimate of drug-likeness (QED) is 0.438. The maximum absolute atomic E-state index is 12.9. The van der Waals surface area contributed by atoms with Gasteiger partial charge >= 0.3 is 0 Å². The number of carbonyl (C=O) groups is 1. The van der Waals surface area contributed by atoms with Crippen molar-refractivity contribution in [3.05, 3.63) is 83.8 Å². The van der Waals surface area contributed by atoms with Crippen LogP contribution < -0.4 is 5.32 Å². The first kappa shape index (κ1) is 23.0. The summed E-state index contributed by atoms with van der Waals surface area (Å²) >= 11 is 0. The lowest BCUT2D eigenvalue weighted by Gasteiger charge is -2.30. The molecule has 0 spiro atoms. The lowest BCUT2D eigenvalue weighted by molar-refractivity contribution is -0.127. The first-order chi connectivity index (χ1) is 17.1. The van der Waals surface area contributed by atoms with Crippen molar-refractivity contribution in [2.45, 2.75) is 39.8 Å². The molecule has 1 aliphatic rings. The van der Waals surface area contributed by atoms with Gasteiger partial charge in [-0.3, -0.25) is 9.69 Å². The van der Waals surface area contributed by atoms with E-state index in [1.54, 1.807) is 6.20 Å². The number of nitrogens with one attached hydrogen (secondary N) is 1. The summed E-state index contributed by atoms with van der Waals surface area (Å²) in [6, 6.07) is 16.2. The summed E-state index contributed by atoms with van der Waals surface area (Å²) in [7, 11) is 0. The van der Waals surface area contributed by atoms with Gasteiger partial charge in [0.2, 0.25) is 17.6 Å². The smallest absolute Gasteiger partial charge is 0.241 e. The van der Waals surface area contributed by atoms with Crippen LogP contribution in [0.4, 0.5) is 0 Å². The summed E-state index contributed by atoms with van der Waals surface area (Å²) in [5.41, 5.74) is 4.22. The van der Waals surface area contributed by atoms with Gasteiger partial charge in [0.05, 0.1) is 12.5 Å². The van der Waals surface area contributed by atoms with E-state index in [4.69, 9.17) is 4.52 Å². The fourth-order valence-electron chi connectivity index (χ4n) is 4.62. The van der Waals surface area contributed by atoms with E-state index in [1.165, 1.54) is 0 Å². The van der Waals surface area contributed by atoms with Crippen molar-refractivity contribution in [3.8, 4) is 17.1 Å². The zero-order valence-corrected chi connectivity index (χ0v) is 20.1. The molecule has 1 unspecified atom stereocenters. The van der Waals surface area contributed by atoms with Crippen LogP contribution in [0.2, 0.25) is 0 Å². The lowest BCUT2D eigenvalue weighted by Crippen LogP contribution is -2.42. The van der Waals surface area contributed by atoms with E-state index < -0.39 is 0 Å². The van der Waals surface area contributed by atoms with E-state index in [0.29, 0.717) is 31.3 Å². The van der Waals surface area contributed by atoms with Crippen molar-refractivity contribution in [2.75, 3.05) is 13.1 Å². The Kier molecular flexibility index (Phi) is 6.72. The van der Waals surface area contributed by atoms with Crippen LogP contribution >= 0.6 is 0 Å². The number of carbonyl (C=O) groups excluding carboxylic acids is 1. The van der Waals surface area contributed by atoms with Crippen LogP contribution in [-0.2, 0) is 17.9 Å². The first-order valence-electron chi connectivity index (χ1n) is 12.0. The van der Waals surface area contributed by atoms with Gasteiger partial charge in [0, 0.05) is 36.7 Å². The SMILES string of the molecule is Cc1ccccc1-c1noc(CN2CCCC(C(=O)NCc3ccc(-n4ccnc4C)cc3)C2)n1. The van der Waals surface area contributed by atoms with E-state index in [2.05, 4.69) is 25.3 Å². The maximum Gasteiger partial charge on any atom is 0.241 e. The number of hydrogen-bond donors (Lipinski definition) is 1. The first-order valence-corrected chi connectivity index (χ1v) is 12.0. The van der Waals surface area contributed by atoms with E-state index in [1.807, 2.05) is 73.1 Å². The fourth-order valence-corrected chi connectivity index (χ4v) is 4.62. The van der Waals surface area contributed by atoms with Crippen molar-refractivity contribution >= 4 is 5.91 Å². The van der Waals surface area contributed by atoms with E-state index >= 15 is 0 Å². The third-order valence-corrected chi connectivity index (χ3v) is 6.60. The average molecular weight is 471 g/mol. The third-order valence-electron chi connectivity index (χ3n) is 6.60. The molecule has 35 heavy (non-hydrogen) atoms. The minimum absolute atomic E-state index is 0.0459. The minimum atomic E-state index is -0.0459. The molecule has 5 rings (SSSR count). The summed E-state index contributed by atoms with van der Waals surface area (Å²) in [5.74, 6) is 2.18. The molecule has 8 heteroatoms. The van der Waals surface area contributed by atoms with E-state index in [-0.39, 0.29) is 11.8 Å². The summed E-state index contributed by atoms with van der Waals surface area (Å²) in [6.07, 6.45) is 5.59. The van der Waals surface area contributed by atoms with E-state index in [0.717, 1.165) is 47.6 Å². The van der Waals surface area contributed by atoms with Crippen LogP contribution in [0.15, 0.2) is 65.4 Å². The highest BCUT2D eigenvalue weighted by molar-refractivity contribution is 5.79. The molecule has 4 aromatic rings.